The minimum absolute atomic E-state index is 0. The molecule has 0 aliphatic rings. The van der Waals surface area contributed by atoms with Crippen LogP contribution in [0.4, 0.5) is 4.48 Å². The maximum atomic E-state index is 13.0. The van der Waals surface area contributed by atoms with Gasteiger partial charge >= 0.3 is 0 Å². The molecule has 1 aromatic heterocycles. The molecule has 2 rings (SSSR count). The molecule has 13 heavy (non-hydrogen) atoms. The molecule has 4 heteroatoms. The third-order valence-electron chi connectivity index (χ3n) is 1.75. The average Bonchev–Trinajstić information content (AvgIpc) is 2.12. The van der Waals surface area contributed by atoms with Crippen molar-refractivity contribution in [1.29, 1.82) is 0 Å². The molecular formula is C9H6CuFNO. The second kappa shape index (κ2) is 3.73. The van der Waals surface area contributed by atoms with Gasteiger partial charge in [-0.05, 0) is 12.1 Å². The summed E-state index contributed by atoms with van der Waals surface area (Å²) in [4.78, 5) is 11.0. The summed E-state index contributed by atoms with van der Waals surface area (Å²) >= 11 is 0. The molecule has 0 spiro atoms. The van der Waals surface area contributed by atoms with Crippen molar-refractivity contribution in [3.63, 3.8) is 0 Å². The van der Waals surface area contributed by atoms with Crippen LogP contribution in [0.3, 0.4) is 0 Å². The molecule has 71 valence electrons. The molecule has 0 saturated heterocycles. The van der Waals surface area contributed by atoms with Crippen LogP contribution in [0.2, 0.25) is 0 Å². The Bertz CT molecular complexity index is 480. The van der Waals surface area contributed by atoms with E-state index in [1.807, 2.05) is 0 Å². The molecule has 0 saturated carbocycles. The molecule has 2 nitrogen and oxygen atoms in total. The van der Waals surface area contributed by atoms with Gasteiger partial charge < -0.3 is 0 Å². The van der Waals surface area contributed by atoms with E-state index in [4.69, 9.17) is 0 Å². The molecule has 0 amide bonds. The Morgan fingerprint density at radius 1 is 1.08 bits per heavy atom. The molecule has 2 aromatic rings. The topological polar surface area (TPSA) is 22.0 Å². The number of hydrogen-bond donors (Lipinski definition) is 0. The number of halogens is 1. The summed E-state index contributed by atoms with van der Waals surface area (Å²) in [6.07, 6.45) is 0. The fraction of sp³-hybridized carbons (Fsp3) is 0. The molecule has 0 bridgehead atoms. The van der Waals surface area contributed by atoms with Gasteiger partial charge in [0.25, 0.3) is 5.56 Å². The fourth-order valence-corrected chi connectivity index (χ4v) is 1.15. The Labute approximate surface area is 84.4 Å². The zero-order valence-electron chi connectivity index (χ0n) is 6.50. The van der Waals surface area contributed by atoms with Crippen molar-refractivity contribution in [1.82, 2.24) is 4.79 Å². The Kier molecular flexibility index (Phi) is 2.86. The molecule has 0 atom stereocenters. The zero-order valence-corrected chi connectivity index (χ0v) is 7.44. The normalized spacial score (nSPS) is 9.62. The molecule has 1 radical (unpaired) electrons. The maximum Gasteiger partial charge on any atom is 0.279 e. The van der Waals surface area contributed by atoms with Crippen molar-refractivity contribution in [3.8, 4) is 0 Å². The molecule has 1 heterocycles. The van der Waals surface area contributed by atoms with Gasteiger partial charge in [-0.3, -0.25) is 4.79 Å². The summed E-state index contributed by atoms with van der Waals surface area (Å²) in [7, 11) is 0. The van der Waals surface area contributed by atoms with E-state index in [0.717, 1.165) is 5.39 Å². The van der Waals surface area contributed by atoms with E-state index >= 15 is 0 Å². The summed E-state index contributed by atoms with van der Waals surface area (Å²) in [5.41, 5.74) is -0.321. The van der Waals surface area contributed by atoms with Crippen LogP contribution in [0.1, 0.15) is 0 Å². The molecule has 0 fully saturated rings. The monoisotopic (exact) mass is 226 g/mol. The van der Waals surface area contributed by atoms with E-state index in [1.165, 1.54) is 6.07 Å². The number of para-hydroxylation sites is 1. The Morgan fingerprint density at radius 2 is 1.77 bits per heavy atom. The Hall–Kier alpha value is -1.12. The van der Waals surface area contributed by atoms with Crippen molar-refractivity contribution >= 4 is 10.9 Å². The summed E-state index contributed by atoms with van der Waals surface area (Å²) in [5.74, 6) is 0. The first-order valence-corrected chi connectivity index (χ1v) is 3.56. The molecule has 1 aromatic carbocycles. The van der Waals surface area contributed by atoms with Crippen LogP contribution in [0.25, 0.3) is 10.9 Å². The molecule has 0 unspecified atom stereocenters. The second-order valence-corrected chi connectivity index (χ2v) is 2.51. The Morgan fingerprint density at radius 3 is 2.54 bits per heavy atom. The minimum Gasteiger partial charge on any atom is -0.267 e. The number of hydrogen-bond acceptors (Lipinski definition) is 1. The van der Waals surface area contributed by atoms with E-state index in [1.54, 1.807) is 30.3 Å². The zero-order chi connectivity index (χ0) is 8.55. The van der Waals surface area contributed by atoms with Gasteiger partial charge in [-0.2, -0.15) is 0 Å². The number of pyridine rings is 1. The summed E-state index contributed by atoms with van der Waals surface area (Å²) in [6.45, 7) is 0. The van der Waals surface area contributed by atoms with Gasteiger partial charge in [0.1, 0.15) is 0 Å². The average molecular weight is 227 g/mol. The summed E-state index contributed by atoms with van der Waals surface area (Å²) < 4.78 is 13.0. The van der Waals surface area contributed by atoms with E-state index in [9.17, 15) is 9.28 Å². The van der Waals surface area contributed by atoms with Gasteiger partial charge in [-0.25, -0.2) is 0 Å². The van der Waals surface area contributed by atoms with E-state index in [-0.39, 0.29) is 21.9 Å². The summed E-state index contributed by atoms with van der Waals surface area (Å²) in [5, 5.41) is 0.722. The standard InChI is InChI=1S/C9H6FNO.Cu/c10-11-8-4-2-1-3-7(8)5-6-9(11)12;/h1-6H;. The first-order chi connectivity index (χ1) is 5.79. The number of benzene rings is 1. The molecule has 0 aliphatic carbocycles. The fourth-order valence-electron chi connectivity index (χ4n) is 1.15. The number of nitrogens with zero attached hydrogens (tertiary/aromatic N) is 1. The third-order valence-corrected chi connectivity index (χ3v) is 1.75. The van der Waals surface area contributed by atoms with Crippen LogP contribution < -0.4 is 5.56 Å². The molecular weight excluding hydrogens is 221 g/mol. The predicted molar refractivity (Wildman–Crippen MR) is 44.7 cm³/mol. The van der Waals surface area contributed by atoms with Gasteiger partial charge in [0.15, 0.2) is 0 Å². The van der Waals surface area contributed by atoms with Crippen molar-refractivity contribution in [2.45, 2.75) is 0 Å². The first-order valence-electron chi connectivity index (χ1n) is 3.56. The smallest absolute Gasteiger partial charge is 0.267 e. The SMILES string of the molecule is O=c1ccc2ccccc2n1F.[Cu]. The Balaban J connectivity index is 0.000000845. The maximum absolute atomic E-state index is 13.0. The van der Waals surface area contributed by atoms with Gasteiger partial charge in [0.05, 0.1) is 5.52 Å². The second-order valence-electron chi connectivity index (χ2n) is 2.51. The molecule has 0 N–H and O–H groups in total. The number of fused-ring (bicyclic) bond motifs is 1. The minimum atomic E-state index is -0.631. The number of aromatic nitrogens is 1. The first kappa shape index (κ1) is 9.96. The van der Waals surface area contributed by atoms with Crippen LogP contribution in [0, 0.1) is 0 Å². The van der Waals surface area contributed by atoms with Crippen LogP contribution in [-0.2, 0) is 17.1 Å². The van der Waals surface area contributed by atoms with Gasteiger partial charge in [-0.15, -0.1) is 4.79 Å². The van der Waals surface area contributed by atoms with Gasteiger partial charge in [-0.1, -0.05) is 22.7 Å². The van der Waals surface area contributed by atoms with Gasteiger partial charge in [0, 0.05) is 28.5 Å². The third kappa shape index (κ3) is 1.64. The van der Waals surface area contributed by atoms with Crippen molar-refractivity contribution in [3.05, 3.63) is 46.8 Å². The summed E-state index contributed by atoms with van der Waals surface area (Å²) in [6, 6.07) is 9.63. The van der Waals surface area contributed by atoms with E-state index in [0.29, 0.717) is 5.52 Å². The largest absolute Gasteiger partial charge is 0.279 e. The number of rotatable bonds is 0. The molecule has 0 aliphatic heterocycles. The van der Waals surface area contributed by atoms with Crippen LogP contribution in [0.15, 0.2) is 41.2 Å². The van der Waals surface area contributed by atoms with Crippen LogP contribution in [0.5, 0.6) is 0 Å². The van der Waals surface area contributed by atoms with Crippen LogP contribution in [-0.4, -0.2) is 4.79 Å². The van der Waals surface area contributed by atoms with Crippen molar-refractivity contribution < 1.29 is 21.5 Å². The van der Waals surface area contributed by atoms with E-state index < -0.39 is 5.56 Å². The van der Waals surface area contributed by atoms with Crippen molar-refractivity contribution in [2.24, 2.45) is 0 Å². The van der Waals surface area contributed by atoms with E-state index in [2.05, 4.69) is 0 Å². The predicted octanol–water partition coefficient (Wildman–Crippen LogP) is 1.73. The van der Waals surface area contributed by atoms with Crippen molar-refractivity contribution in [2.75, 3.05) is 0 Å². The quantitative estimate of drug-likeness (QED) is 0.628. The van der Waals surface area contributed by atoms with Gasteiger partial charge in [0.2, 0.25) is 0 Å². The van der Waals surface area contributed by atoms with Crippen LogP contribution >= 0.6 is 0 Å².